The quantitative estimate of drug-likeness (QED) is 0.340. The minimum Gasteiger partial charge on any atom is -0.478 e. The highest BCUT2D eigenvalue weighted by Gasteiger charge is 2.20. The van der Waals surface area contributed by atoms with Crippen molar-refractivity contribution in [3.63, 3.8) is 0 Å². The molecule has 0 bridgehead atoms. The molecule has 0 radical (unpaired) electrons. The number of hydrogen-bond acceptors (Lipinski definition) is 4. The van der Waals surface area contributed by atoms with Crippen LogP contribution in [0.15, 0.2) is 23.5 Å². The predicted molar refractivity (Wildman–Crippen MR) is 59.6 cm³/mol. The molecule has 1 heterocycles. The molecule has 1 fully saturated rings. The van der Waals surface area contributed by atoms with E-state index in [9.17, 15) is 0 Å². The van der Waals surface area contributed by atoms with Gasteiger partial charge in [-0.3, -0.25) is 0 Å². The molecule has 5 nitrogen and oxygen atoms in total. The number of oxime groups is 1. The molecule has 1 aromatic rings. The number of aromatic nitrogens is 1. The molecule has 0 aliphatic heterocycles. The lowest BCUT2D eigenvalue weighted by Crippen LogP contribution is -2.13. The van der Waals surface area contributed by atoms with Crippen molar-refractivity contribution in [3.8, 4) is 5.88 Å². The first kappa shape index (κ1) is 10.7. The van der Waals surface area contributed by atoms with Crippen molar-refractivity contribution in [2.45, 2.75) is 19.3 Å². The number of nitrogens with zero attached hydrogens (tertiary/aromatic N) is 2. The van der Waals surface area contributed by atoms with E-state index in [0.717, 1.165) is 12.3 Å². The second-order valence-electron chi connectivity index (χ2n) is 3.95. The lowest BCUT2D eigenvalue weighted by atomic mass is 10.3. The lowest BCUT2D eigenvalue weighted by Gasteiger charge is -2.04. The van der Waals surface area contributed by atoms with Gasteiger partial charge in [0.15, 0.2) is 5.84 Å². The Labute approximate surface area is 93.9 Å². The molecule has 0 spiro atoms. The Morgan fingerprint density at radius 1 is 1.56 bits per heavy atom. The molecule has 1 aliphatic carbocycles. The third kappa shape index (κ3) is 2.85. The SMILES string of the molecule is N/C(=N/O)c1ccc(OCCC2CC2)nc1. The van der Waals surface area contributed by atoms with Gasteiger partial charge in [0, 0.05) is 17.8 Å². The topological polar surface area (TPSA) is 80.7 Å². The number of rotatable bonds is 5. The Hall–Kier alpha value is -1.78. The summed E-state index contributed by atoms with van der Waals surface area (Å²) in [6.45, 7) is 0.709. The average molecular weight is 221 g/mol. The van der Waals surface area contributed by atoms with Crippen LogP contribution in [0.4, 0.5) is 0 Å². The highest BCUT2D eigenvalue weighted by atomic mass is 16.5. The van der Waals surface area contributed by atoms with E-state index in [2.05, 4.69) is 10.1 Å². The van der Waals surface area contributed by atoms with Crippen molar-refractivity contribution < 1.29 is 9.94 Å². The van der Waals surface area contributed by atoms with Crippen molar-refractivity contribution in [3.05, 3.63) is 23.9 Å². The predicted octanol–water partition coefficient (Wildman–Crippen LogP) is 1.35. The van der Waals surface area contributed by atoms with Gasteiger partial charge in [0.1, 0.15) is 0 Å². The number of amidine groups is 1. The fourth-order valence-electron chi connectivity index (χ4n) is 1.41. The molecule has 0 atom stereocenters. The molecular formula is C11H15N3O2. The van der Waals surface area contributed by atoms with Gasteiger partial charge < -0.3 is 15.7 Å². The molecular weight excluding hydrogens is 206 g/mol. The Morgan fingerprint density at radius 2 is 2.38 bits per heavy atom. The normalized spacial score (nSPS) is 16.1. The lowest BCUT2D eigenvalue weighted by molar-refractivity contribution is 0.291. The Morgan fingerprint density at radius 3 is 2.94 bits per heavy atom. The molecule has 0 saturated heterocycles. The number of nitrogens with two attached hydrogens (primary N) is 1. The minimum absolute atomic E-state index is 0.0528. The van der Waals surface area contributed by atoms with Crippen LogP contribution in [0.1, 0.15) is 24.8 Å². The highest BCUT2D eigenvalue weighted by molar-refractivity contribution is 5.96. The Kier molecular flexibility index (Phi) is 3.24. The summed E-state index contributed by atoms with van der Waals surface area (Å²) in [7, 11) is 0. The molecule has 0 amide bonds. The van der Waals surface area contributed by atoms with Crippen LogP contribution in [-0.4, -0.2) is 22.6 Å². The van der Waals surface area contributed by atoms with E-state index < -0.39 is 0 Å². The van der Waals surface area contributed by atoms with E-state index in [1.807, 2.05) is 0 Å². The van der Waals surface area contributed by atoms with Crippen LogP contribution in [0.2, 0.25) is 0 Å². The van der Waals surface area contributed by atoms with Gasteiger partial charge in [-0.05, 0) is 18.4 Å². The fraction of sp³-hybridized carbons (Fsp3) is 0.455. The molecule has 16 heavy (non-hydrogen) atoms. The summed E-state index contributed by atoms with van der Waals surface area (Å²) in [5, 5.41) is 11.4. The minimum atomic E-state index is 0.0528. The monoisotopic (exact) mass is 221 g/mol. The van der Waals surface area contributed by atoms with Gasteiger partial charge in [-0.2, -0.15) is 0 Å². The first-order valence-corrected chi connectivity index (χ1v) is 5.36. The second-order valence-corrected chi connectivity index (χ2v) is 3.95. The first-order valence-electron chi connectivity index (χ1n) is 5.36. The second kappa shape index (κ2) is 4.83. The van der Waals surface area contributed by atoms with Crippen LogP contribution in [0, 0.1) is 5.92 Å². The van der Waals surface area contributed by atoms with Gasteiger partial charge in [-0.25, -0.2) is 4.98 Å². The smallest absolute Gasteiger partial charge is 0.213 e. The molecule has 3 N–H and O–H groups in total. The number of ether oxygens (including phenoxy) is 1. The van der Waals surface area contributed by atoms with E-state index in [1.165, 1.54) is 19.0 Å². The summed E-state index contributed by atoms with van der Waals surface area (Å²) in [6.07, 6.45) is 5.30. The van der Waals surface area contributed by atoms with Crippen molar-refractivity contribution >= 4 is 5.84 Å². The molecule has 1 aromatic heterocycles. The molecule has 86 valence electrons. The van der Waals surface area contributed by atoms with Crippen LogP contribution in [0.5, 0.6) is 5.88 Å². The third-order valence-electron chi connectivity index (χ3n) is 2.61. The van der Waals surface area contributed by atoms with Crippen LogP contribution in [0.3, 0.4) is 0 Å². The van der Waals surface area contributed by atoms with Crippen molar-refractivity contribution in [1.29, 1.82) is 0 Å². The van der Waals surface area contributed by atoms with Gasteiger partial charge >= 0.3 is 0 Å². The van der Waals surface area contributed by atoms with E-state index >= 15 is 0 Å². The van der Waals surface area contributed by atoms with Gasteiger partial charge in [-0.15, -0.1) is 0 Å². The maximum atomic E-state index is 8.47. The summed E-state index contributed by atoms with van der Waals surface area (Å²) in [4.78, 5) is 4.07. The summed E-state index contributed by atoms with van der Waals surface area (Å²) >= 11 is 0. The molecule has 0 aromatic carbocycles. The summed E-state index contributed by atoms with van der Waals surface area (Å²) < 4.78 is 5.47. The van der Waals surface area contributed by atoms with E-state index in [0.29, 0.717) is 18.1 Å². The van der Waals surface area contributed by atoms with Crippen molar-refractivity contribution in [2.24, 2.45) is 16.8 Å². The van der Waals surface area contributed by atoms with Gasteiger partial charge in [0.25, 0.3) is 0 Å². The average Bonchev–Trinajstić information content (AvgIpc) is 3.13. The van der Waals surface area contributed by atoms with Crippen molar-refractivity contribution in [2.75, 3.05) is 6.61 Å². The number of pyridine rings is 1. The molecule has 2 rings (SSSR count). The fourth-order valence-corrected chi connectivity index (χ4v) is 1.41. The summed E-state index contributed by atoms with van der Waals surface area (Å²) in [5.41, 5.74) is 5.99. The number of hydrogen-bond donors (Lipinski definition) is 2. The Balaban J connectivity index is 1.85. The third-order valence-corrected chi connectivity index (χ3v) is 2.61. The standard InChI is InChI=1S/C11H15N3O2/c12-11(14-15)9-3-4-10(13-7-9)16-6-5-8-1-2-8/h3-4,7-8,15H,1-2,5-6H2,(H2,12,14). The molecule has 5 heteroatoms. The highest BCUT2D eigenvalue weighted by Crippen LogP contribution is 2.32. The summed E-state index contributed by atoms with van der Waals surface area (Å²) in [5.74, 6) is 1.49. The zero-order valence-corrected chi connectivity index (χ0v) is 8.97. The maximum absolute atomic E-state index is 8.47. The van der Waals surface area contributed by atoms with E-state index in [-0.39, 0.29) is 5.84 Å². The summed E-state index contributed by atoms with van der Waals surface area (Å²) in [6, 6.07) is 3.44. The largest absolute Gasteiger partial charge is 0.478 e. The van der Waals surface area contributed by atoms with Crippen LogP contribution in [0.25, 0.3) is 0 Å². The zero-order valence-electron chi connectivity index (χ0n) is 8.97. The van der Waals surface area contributed by atoms with Crippen LogP contribution < -0.4 is 10.5 Å². The van der Waals surface area contributed by atoms with E-state index in [4.69, 9.17) is 15.7 Å². The zero-order chi connectivity index (χ0) is 11.4. The van der Waals surface area contributed by atoms with Gasteiger partial charge in [-0.1, -0.05) is 18.0 Å². The first-order chi connectivity index (χ1) is 7.79. The van der Waals surface area contributed by atoms with Crippen LogP contribution in [-0.2, 0) is 0 Å². The molecule has 0 unspecified atom stereocenters. The van der Waals surface area contributed by atoms with Gasteiger partial charge in [0.05, 0.1) is 6.61 Å². The molecule has 1 aliphatic rings. The van der Waals surface area contributed by atoms with Crippen LogP contribution >= 0.6 is 0 Å². The maximum Gasteiger partial charge on any atom is 0.213 e. The van der Waals surface area contributed by atoms with E-state index in [1.54, 1.807) is 12.1 Å². The van der Waals surface area contributed by atoms with Crippen molar-refractivity contribution in [1.82, 2.24) is 4.98 Å². The Bertz CT molecular complexity index is 371. The molecule has 1 saturated carbocycles. The van der Waals surface area contributed by atoms with Gasteiger partial charge in [0.2, 0.25) is 5.88 Å².